The Morgan fingerprint density at radius 3 is 0.695 bits per heavy atom. The number of rotatable bonds is 37. The fraction of sp³-hybridized carbons (Fsp3) is 0.667. The molecule has 0 spiro atoms. The molecule has 5 heteroatoms. The van der Waals surface area contributed by atoms with Gasteiger partial charge in [-0.05, 0) is 91.6 Å². The first-order valence-corrected chi connectivity index (χ1v) is 28.9. The minimum Gasteiger partial charge on any atom is -0.317 e. The molecule has 3 aromatic carbocycles. The van der Waals surface area contributed by atoms with Gasteiger partial charge in [0.15, 0.2) is 0 Å². The lowest BCUT2D eigenvalue weighted by atomic mass is 10.0. The molecule has 59 heavy (non-hydrogen) atoms. The van der Waals surface area contributed by atoms with Crippen LogP contribution in [0.4, 0.5) is 0 Å². The van der Waals surface area contributed by atoms with E-state index in [2.05, 4.69) is 57.2 Å². The summed E-state index contributed by atoms with van der Waals surface area (Å²) in [6.07, 6.45) is 42.6. The van der Waals surface area contributed by atoms with Gasteiger partial charge in [0, 0.05) is 14.7 Å². The Balaban J connectivity index is 1.69. The largest absolute Gasteiger partial charge is 0.378 e. The Morgan fingerprint density at radius 1 is 0.322 bits per heavy atom. The van der Waals surface area contributed by atoms with Crippen LogP contribution < -0.4 is 0 Å². The van der Waals surface area contributed by atoms with Crippen molar-refractivity contribution in [3.05, 3.63) is 89.5 Å². The summed E-state index contributed by atoms with van der Waals surface area (Å²) in [4.78, 5) is 25.4. The maximum Gasteiger partial charge on any atom is 0.378 e. The molecule has 3 rings (SSSR count). The predicted molar refractivity (Wildman–Crippen MR) is 260 cm³/mol. The van der Waals surface area contributed by atoms with E-state index in [1.54, 1.807) is 0 Å². The van der Waals surface area contributed by atoms with E-state index < -0.39 is 16.4 Å². The highest BCUT2D eigenvalue weighted by atomic mass is 32.8. The molecule has 0 heterocycles. The first-order chi connectivity index (χ1) is 28.9. The molecule has 0 aliphatic rings. The number of unbranched alkanes of at least 4 members (excludes halogenated alkanes) is 27. The second kappa shape index (κ2) is 31.9. The van der Waals surface area contributed by atoms with Gasteiger partial charge in [0.1, 0.15) is 0 Å². The molecule has 334 valence electrons. The van der Waals surface area contributed by atoms with Gasteiger partial charge in [-0.15, -0.1) is 0 Å². The van der Waals surface area contributed by atoms with Crippen LogP contribution >= 0.6 is 16.4 Å². The number of hydrogen-bond acceptors (Lipinski definition) is 1. The van der Waals surface area contributed by atoms with E-state index in [1.165, 1.54) is 190 Å². The zero-order valence-electron chi connectivity index (χ0n) is 38.4. The molecule has 0 saturated heterocycles. The van der Waals surface area contributed by atoms with Crippen LogP contribution in [0.25, 0.3) is 0 Å². The summed E-state index contributed by atoms with van der Waals surface area (Å²) in [5.74, 6) is 0. The second-order valence-electron chi connectivity index (χ2n) is 17.8. The van der Waals surface area contributed by atoms with Crippen molar-refractivity contribution >= 4 is 16.4 Å². The van der Waals surface area contributed by atoms with Crippen LogP contribution in [0.1, 0.15) is 230 Å². The lowest BCUT2D eigenvalue weighted by Crippen LogP contribution is -2.06. The van der Waals surface area contributed by atoms with Crippen LogP contribution in [0.2, 0.25) is 0 Å². The van der Waals surface area contributed by atoms with Gasteiger partial charge in [-0.2, -0.15) is 0 Å². The van der Waals surface area contributed by atoms with Gasteiger partial charge in [-0.1, -0.05) is 240 Å². The van der Waals surface area contributed by atoms with Gasteiger partial charge in [0.25, 0.3) is 0 Å². The second-order valence-corrected chi connectivity index (χ2v) is 24.4. The molecule has 0 amide bonds. The van der Waals surface area contributed by atoms with Crippen LogP contribution in [0.5, 0.6) is 0 Å². The van der Waals surface area contributed by atoms with Crippen LogP contribution in [0.15, 0.2) is 87.5 Å². The van der Waals surface area contributed by atoms with Crippen LogP contribution in [-0.2, 0) is 23.8 Å². The maximum atomic E-state index is 14.2. The molecule has 3 nitrogen and oxygen atoms in total. The fourth-order valence-electron chi connectivity index (χ4n) is 8.83. The summed E-state index contributed by atoms with van der Waals surface area (Å²) < 4.78 is 14.2. The molecule has 0 aliphatic heterocycles. The third kappa shape index (κ3) is 19.8. The van der Waals surface area contributed by atoms with Gasteiger partial charge in [0.05, 0.1) is 0 Å². The van der Waals surface area contributed by atoms with Crippen molar-refractivity contribution in [1.29, 1.82) is 0 Å². The number of hydrogen-bond donors (Lipinski definition) is 2. The van der Waals surface area contributed by atoms with Crippen LogP contribution in [-0.4, -0.2) is 9.79 Å². The molecule has 0 aliphatic carbocycles. The predicted octanol–water partition coefficient (Wildman–Crippen LogP) is 18.5. The van der Waals surface area contributed by atoms with Crippen molar-refractivity contribution in [2.45, 2.75) is 247 Å². The Kier molecular flexibility index (Phi) is 27.9. The van der Waals surface area contributed by atoms with E-state index in [-0.39, 0.29) is 0 Å². The summed E-state index contributed by atoms with van der Waals surface area (Å²) in [5.41, 5.74) is 3.77. The van der Waals surface area contributed by atoms with Gasteiger partial charge in [-0.25, -0.2) is 4.57 Å². The number of benzene rings is 3. The van der Waals surface area contributed by atoms with E-state index >= 15 is 0 Å². The maximum absolute atomic E-state index is 14.2. The first-order valence-electron chi connectivity index (χ1n) is 25.0. The summed E-state index contributed by atoms with van der Waals surface area (Å²) in [5, 5.41) is 0. The highest BCUT2D eigenvalue weighted by Crippen LogP contribution is 2.88. The van der Waals surface area contributed by atoms with E-state index in [0.29, 0.717) is 0 Å². The first kappa shape index (κ1) is 51.5. The molecule has 0 radical (unpaired) electrons. The van der Waals surface area contributed by atoms with Gasteiger partial charge >= 0.3 is 6.80 Å². The fourth-order valence-corrected chi connectivity index (χ4v) is 15.6. The molecule has 0 fully saturated rings. The molecule has 0 atom stereocenters. The summed E-state index contributed by atoms with van der Waals surface area (Å²) in [6, 6.07) is 25.1. The Morgan fingerprint density at radius 2 is 0.508 bits per heavy atom. The van der Waals surface area contributed by atoms with E-state index in [9.17, 15) is 14.4 Å². The van der Waals surface area contributed by atoms with E-state index in [4.69, 9.17) is 0 Å². The molecule has 2 N–H and O–H groups in total. The smallest absolute Gasteiger partial charge is 0.317 e. The molecule has 3 aromatic rings. The van der Waals surface area contributed by atoms with Crippen molar-refractivity contribution in [3.8, 4) is 0 Å². The highest BCUT2D eigenvalue weighted by molar-refractivity contribution is 8.76. The van der Waals surface area contributed by atoms with E-state index in [0.717, 1.165) is 53.2 Å². The number of aryl methyl sites for hydroxylation is 3. The Labute approximate surface area is 366 Å². The standard InChI is InChI=1S/C54H89O3PS/c1-4-7-10-13-16-19-22-25-28-31-34-49-37-43-52(44-38-49)59(58(55,56)57,53-45-39-50(40-46-53)35-32-29-26-23-20-17-14-11-8-5-2)54-47-41-51(42-48-54)36-33-30-27-24-21-18-15-12-9-6-3/h37-48H,4-36H2,1-3H3,(H2,55,56,57). The lowest BCUT2D eigenvalue weighted by Gasteiger charge is -2.41. The topological polar surface area (TPSA) is 57.5 Å². The minimum atomic E-state index is -4.67. The summed E-state index contributed by atoms with van der Waals surface area (Å²) in [6.45, 7) is 2.16. The quantitative estimate of drug-likeness (QED) is 0.0449. The van der Waals surface area contributed by atoms with Crippen LogP contribution in [0, 0.1) is 0 Å². The molecule has 0 saturated carbocycles. The van der Waals surface area contributed by atoms with E-state index in [1.807, 2.05) is 36.4 Å². The molecular formula is C54H89O3PS. The van der Waals surface area contributed by atoms with Gasteiger partial charge < -0.3 is 9.79 Å². The SMILES string of the molecule is CCCCCCCCCCCCc1ccc(S(c2ccc(CCCCCCCCCCCC)cc2)(c2ccc(CCCCCCCCCCCC)cc2)P(=O)(O)O)cc1. The average Bonchev–Trinajstić information content (AvgIpc) is 3.24. The van der Waals surface area contributed by atoms with Gasteiger partial charge in [0.2, 0.25) is 0 Å². The van der Waals surface area contributed by atoms with Crippen molar-refractivity contribution in [2.24, 2.45) is 0 Å². The third-order valence-electron chi connectivity index (χ3n) is 12.6. The zero-order valence-corrected chi connectivity index (χ0v) is 40.1. The third-order valence-corrected chi connectivity index (χ3v) is 20.2. The highest BCUT2D eigenvalue weighted by Gasteiger charge is 2.46. The average molecular weight is 849 g/mol. The summed E-state index contributed by atoms with van der Waals surface area (Å²) in [7, 11) is -2.86. The Hall–Kier alpha value is -1.84. The Bertz CT molecular complexity index is 1320. The summed E-state index contributed by atoms with van der Waals surface area (Å²) >= 11 is 0. The van der Waals surface area contributed by atoms with Crippen molar-refractivity contribution in [3.63, 3.8) is 0 Å². The lowest BCUT2D eigenvalue weighted by molar-refractivity contribution is 0.395. The molecule has 0 bridgehead atoms. The molecule has 0 aromatic heterocycles. The zero-order chi connectivity index (χ0) is 42.3. The van der Waals surface area contributed by atoms with Crippen molar-refractivity contribution in [2.75, 3.05) is 0 Å². The van der Waals surface area contributed by atoms with Gasteiger partial charge in [-0.3, -0.25) is 0 Å². The normalized spacial score (nSPS) is 12.4. The van der Waals surface area contributed by atoms with Crippen LogP contribution in [0.3, 0.4) is 0 Å². The van der Waals surface area contributed by atoms with Crippen molar-refractivity contribution in [1.82, 2.24) is 0 Å². The minimum absolute atomic E-state index is 0.752. The monoisotopic (exact) mass is 849 g/mol. The van der Waals surface area contributed by atoms with Crippen molar-refractivity contribution < 1.29 is 14.4 Å². The molecule has 0 unspecified atom stereocenters. The molecular weight excluding hydrogens is 760 g/mol.